The molecule has 3 rings (SSSR count). The summed E-state index contributed by atoms with van der Waals surface area (Å²) in [6, 6.07) is 7.62. The van der Waals surface area contributed by atoms with E-state index in [-0.39, 0.29) is 10.9 Å². The fraction of sp³-hybridized carbons (Fsp3) is 0.250. The number of imidazole rings is 1. The second-order valence-electron chi connectivity index (χ2n) is 5.34. The predicted molar refractivity (Wildman–Crippen MR) is 92.0 cm³/mol. The Morgan fingerprint density at radius 2 is 2.17 bits per heavy atom. The van der Waals surface area contributed by atoms with E-state index in [9.17, 15) is 8.42 Å². The molecule has 0 spiro atoms. The molecular formula is C16H17N3O3S2. The molecule has 6 nitrogen and oxygen atoms in total. The summed E-state index contributed by atoms with van der Waals surface area (Å²) < 4.78 is 32.1. The van der Waals surface area contributed by atoms with E-state index in [1.54, 1.807) is 23.3 Å². The molecule has 0 atom stereocenters. The fourth-order valence-corrected chi connectivity index (χ4v) is 4.58. The Balaban J connectivity index is 1.92. The summed E-state index contributed by atoms with van der Waals surface area (Å²) in [6.45, 7) is 2.34. The standard InChI is InChI=1S/C16H17N3O3S2/c1-12-4-3-5-14(8-12)19-7-6-17-16(19)24(20,21)11-13-10-23-15(18-13)9-22-2/h3-8,10H,9,11H2,1-2H3. The van der Waals surface area contributed by atoms with Gasteiger partial charge in [0.1, 0.15) is 10.8 Å². The Morgan fingerprint density at radius 1 is 1.33 bits per heavy atom. The molecule has 0 fully saturated rings. The van der Waals surface area contributed by atoms with E-state index in [1.165, 1.54) is 17.5 Å². The molecule has 0 bridgehead atoms. The molecule has 0 aliphatic carbocycles. The second kappa shape index (κ2) is 6.84. The SMILES string of the molecule is COCc1nc(CS(=O)(=O)c2nccn2-c2cccc(C)c2)cs1. The summed E-state index contributed by atoms with van der Waals surface area (Å²) in [4.78, 5) is 8.35. The molecule has 1 aromatic carbocycles. The Labute approximate surface area is 144 Å². The number of aryl methyl sites for hydroxylation is 1. The minimum atomic E-state index is -3.61. The Bertz CT molecular complexity index is 945. The largest absolute Gasteiger partial charge is 0.378 e. The predicted octanol–water partition coefficient (Wildman–Crippen LogP) is 2.76. The first-order valence-corrected chi connectivity index (χ1v) is 9.78. The van der Waals surface area contributed by atoms with Crippen LogP contribution in [0.3, 0.4) is 0 Å². The highest BCUT2D eigenvalue weighted by molar-refractivity contribution is 7.90. The van der Waals surface area contributed by atoms with Crippen LogP contribution in [0, 0.1) is 6.92 Å². The molecule has 0 unspecified atom stereocenters. The number of nitrogens with zero attached hydrogens (tertiary/aromatic N) is 3. The van der Waals surface area contributed by atoms with Crippen LogP contribution in [0.25, 0.3) is 5.69 Å². The van der Waals surface area contributed by atoms with Gasteiger partial charge in [-0.15, -0.1) is 11.3 Å². The van der Waals surface area contributed by atoms with E-state index < -0.39 is 9.84 Å². The molecule has 0 N–H and O–H groups in total. The van der Waals surface area contributed by atoms with Crippen LogP contribution in [0.1, 0.15) is 16.3 Å². The van der Waals surface area contributed by atoms with Gasteiger partial charge in [0.2, 0.25) is 15.0 Å². The van der Waals surface area contributed by atoms with E-state index in [4.69, 9.17) is 4.74 Å². The highest BCUT2D eigenvalue weighted by Gasteiger charge is 2.23. The van der Waals surface area contributed by atoms with Gasteiger partial charge in [-0.3, -0.25) is 4.57 Å². The van der Waals surface area contributed by atoms with Gasteiger partial charge in [0.15, 0.2) is 0 Å². The third-order valence-corrected chi connectivity index (χ3v) is 5.78. The fourth-order valence-electron chi connectivity index (χ4n) is 2.36. The summed E-state index contributed by atoms with van der Waals surface area (Å²) in [5.41, 5.74) is 2.32. The number of sulfone groups is 1. The topological polar surface area (TPSA) is 74.1 Å². The number of rotatable bonds is 6. The van der Waals surface area contributed by atoms with Crippen molar-refractivity contribution in [3.63, 3.8) is 0 Å². The number of hydrogen-bond donors (Lipinski definition) is 0. The molecule has 0 aliphatic rings. The second-order valence-corrected chi connectivity index (χ2v) is 8.17. The average Bonchev–Trinajstić information content (AvgIpc) is 3.17. The normalized spacial score (nSPS) is 11.8. The molecule has 126 valence electrons. The van der Waals surface area contributed by atoms with Crippen molar-refractivity contribution in [2.45, 2.75) is 24.4 Å². The van der Waals surface area contributed by atoms with E-state index >= 15 is 0 Å². The lowest BCUT2D eigenvalue weighted by Crippen LogP contribution is -2.12. The number of thiazole rings is 1. The third kappa shape index (κ3) is 3.55. The number of methoxy groups -OCH3 is 1. The van der Waals surface area contributed by atoms with Crippen molar-refractivity contribution in [2.24, 2.45) is 0 Å². The minimum Gasteiger partial charge on any atom is -0.378 e. The van der Waals surface area contributed by atoms with Crippen LogP contribution in [0.15, 0.2) is 47.2 Å². The zero-order valence-electron chi connectivity index (χ0n) is 13.3. The molecule has 0 aliphatic heterocycles. The summed E-state index contributed by atoms with van der Waals surface area (Å²) in [5, 5.41) is 2.52. The lowest BCUT2D eigenvalue weighted by atomic mass is 10.2. The van der Waals surface area contributed by atoms with Crippen molar-refractivity contribution in [3.05, 3.63) is 58.3 Å². The van der Waals surface area contributed by atoms with Gasteiger partial charge in [-0.1, -0.05) is 12.1 Å². The van der Waals surface area contributed by atoms with Crippen molar-refractivity contribution in [1.82, 2.24) is 14.5 Å². The zero-order valence-corrected chi connectivity index (χ0v) is 15.0. The highest BCUT2D eigenvalue weighted by Crippen LogP contribution is 2.21. The average molecular weight is 363 g/mol. The van der Waals surface area contributed by atoms with E-state index in [0.717, 1.165) is 16.3 Å². The van der Waals surface area contributed by atoms with Gasteiger partial charge in [-0.25, -0.2) is 18.4 Å². The summed E-state index contributed by atoms with van der Waals surface area (Å²) >= 11 is 1.39. The van der Waals surface area contributed by atoms with Crippen LogP contribution < -0.4 is 0 Å². The van der Waals surface area contributed by atoms with Gasteiger partial charge in [-0.2, -0.15) is 0 Å². The molecule has 0 amide bonds. The lowest BCUT2D eigenvalue weighted by molar-refractivity contribution is 0.184. The minimum absolute atomic E-state index is 0.0226. The molecule has 0 saturated carbocycles. The van der Waals surface area contributed by atoms with Gasteiger partial charge in [0.25, 0.3) is 0 Å². The molecule has 8 heteroatoms. The van der Waals surface area contributed by atoms with E-state index in [1.807, 2.05) is 31.2 Å². The van der Waals surface area contributed by atoms with Crippen LogP contribution in [-0.4, -0.2) is 30.1 Å². The van der Waals surface area contributed by atoms with Gasteiger partial charge in [0, 0.05) is 30.6 Å². The molecular weight excluding hydrogens is 346 g/mol. The summed E-state index contributed by atoms with van der Waals surface area (Å²) in [6.07, 6.45) is 3.14. The van der Waals surface area contributed by atoms with Crippen LogP contribution in [0.2, 0.25) is 0 Å². The van der Waals surface area contributed by atoms with Crippen molar-refractivity contribution in [2.75, 3.05) is 7.11 Å². The molecule has 3 aromatic rings. The van der Waals surface area contributed by atoms with E-state index in [2.05, 4.69) is 9.97 Å². The lowest BCUT2D eigenvalue weighted by Gasteiger charge is -2.08. The number of aromatic nitrogens is 3. The quantitative estimate of drug-likeness (QED) is 0.673. The number of hydrogen-bond acceptors (Lipinski definition) is 6. The first kappa shape index (κ1) is 16.8. The first-order valence-electron chi connectivity index (χ1n) is 7.25. The smallest absolute Gasteiger partial charge is 0.232 e. The zero-order chi connectivity index (χ0) is 17.2. The van der Waals surface area contributed by atoms with Crippen molar-refractivity contribution < 1.29 is 13.2 Å². The summed E-state index contributed by atoms with van der Waals surface area (Å²) in [5.74, 6) is -0.184. The Kier molecular flexibility index (Phi) is 4.79. The third-order valence-electron chi connectivity index (χ3n) is 3.37. The first-order chi connectivity index (χ1) is 11.5. The van der Waals surface area contributed by atoms with Gasteiger partial charge in [0.05, 0.1) is 12.3 Å². The maximum absolute atomic E-state index is 12.8. The number of benzene rings is 1. The van der Waals surface area contributed by atoms with Gasteiger partial charge < -0.3 is 4.74 Å². The van der Waals surface area contributed by atoms with Gasteiger partial charge in [-0.05, 0) is 24.6 Å². The molecule has 0 saturated heterocycles. The van der Waals surface area contributed by atoms with Crippen LogP contribution in [0.5, 0.6) is 0 Å². The number of ether oxygens (including phenoxy) is 1. The Morgan fingerprint density at radius 3 is 2.92 bits per heavy atom. The van der Waals surface area contributed by atoms with Crippen molar-refractivity contribution >= 4 is 21.2 Å². The van der Waals surface area contributed by atoms with Crippen LogP contribution in [-0.2, 0) is 26.9 Å². The maximum atomic E-state index is 12.8. The van der Waals surface area contributed by atoms with Gasteiger partial charge >= 0.3 is 0 Å². The van der Waals surface area contributed by atoms with Crippen molar-refractivity contribution in [3.8, 4) is 5.69 Å². The van der Waals surface area contributed by atoms with Crippen molar-refractivity contribution in [1.29, 1.82) is 0 Å². The summed E-state index contributed by atoms with van der Waals surface area (Å²) in [7, 11) is -2.03. The highest BCUT2D eigenvalue weighted by atomic mass is 32.2. The van der Waals surface area contributed by atoms with Crippen LogP contribution in [0.4, 0.5) is 0 Å². The molecule has 0 radical (unpaired) electrons. The molecule has 2 heterocycles. The monoisotopic (exact) mass is 363 g/mol. The molecule has 2 aromatic heterocycles. The molecule has 24 heavy (non-hydrogen) atoms. The van der Waals surface area contributed by atoms with E-state index in [0.29, 0.717) is 12.3 Å². The van der Waals surface area contributed by atoms with Crippen LogP contribution >= 0.6 is 11.3 Å². The maximum Gasteiger partial charge on any atom is 0.232 e. The Hall–Kier alpha value is -2.03.